The summed E-state index contributed by atoms with van der Waals surface area (Å²) in [7, 11) is 4.43. The van der Waals surface area contributed by atoms with E-state index in [9.17, 15) is 4.79 Å². The van der Waals surface area contributed by atoms with Crippen molar-refractivity contribution in [2.24, 2.45) is 11.8 Å². The largest absolute Gasteiger partial charge is 0.491 e. The van der Waals surface area contributed by atoms with E-state index in [1.165, 1.54) is 21.3 Å². The number of halogens is 2. The Kier molecular flexibility index (Phi) is 6.25. The number of carbonyl (C=O) groups excluding carboxylic acids is 1. The molecule has 0 unspecified atom stereocenters. The van der Waals surface area contributed by atoms with Crippen molar-refractivity contribution >= 4 is 29.2 Å². The Balaban J connectivity index is 1.63. The van der Waals surface area contributed by atoms with E-state index in [0.29, 0.717) is 41.6 Å². The maximum absolute atomic E-state index is 12.6. The Morgan fingerprint density at radius 3 is 2.19 bits per heavy atom. The highest BCUT2D eigenvalue weighted by molar-refractivity contribution is 6.38. The number of methoxy groups -OCH3 is 3. The molecule has 7 nitrogen and oxygen atoms in total. The van der Waals surface area contributed by atoms with Gasteiger partial charge in [-0.05, 0) is 36.1 Å². The van der Waals surface area contributed by atoms with Crippen molar-refractivity contribution in [1.82, 2.24) is 0 Å². The summed E-state index contributed by atoms with van der Waals surface area (Å²) in [4.78, 5) is 12.6. The first kappa shape index (κ1) is 21.7. The van der Waals surface area contributed by atoms with E-state index >= 15 is 0 Å². The molecule has 2 aliphatic rings. The Morgan fingerprint density at radius 1 is 0.903 bits per heavy atom. The van der Waals surface area contributed by atoms with Crippen LogP contribution in [0.5, 0.6) is 28.7 Å². The van der Waals surface area contributed by atoms with E-state index in [1.807, 2.05) is 18.2 Å². The van der Waals surface area contributed by atoms with Crippen molar-refractivity contribution in [3.63, 3.8) is 0 Å². The molecule has 9 heteroatoms. The van der Waals surface area contributed by atoms with Crippen LogP contribution in [0.2, 0.25) is 10.0 Å². The van der Waals surface area contributed by atoms with Crippen LogP contribution in [0, 0.1) is 11.8 Å². The van der Waals surface area contributed by atoms with E-state index in [1.54, 1.807) is 0 Å². The number of rotatable bonds is 7. The molecular formula is C22H22Cl2O7. The fraction of sp³-hybridized carbons (Fsp3) is 0.409. The predicted octanol–water partition coefficient (Wildman–Crippen LogP) is 4.32. The van der Waals surface area contributed by atoms with Crippen LogP contribution in [0.4, 0.5) is 0 Å². The van der Waals surface area contributed by atoms with Crippen molar-refractivity contribution in [1.29, 1.82) is 0 Å². The van der Waals surface area contributed by atoms with Gasteiger partial charge in [0.15, 0.2) is 23.0 Å². The van der Waals surface area contributed by atoms with Gasteiger partial charge in [-0.2, -0.15) is 0 Å². The highest BCUT2D eigenvalue weighted by Crippen LogP contribution is 2.51. The summed E-state index contributed by atoms with van der Waals surface area (Å²) in [5, 5.41) is 0.568. The number of hydrogen-bond acceptors (Lipinski definition) is 7. The van der Waals surface area contributed by atoms with Gasteiger partial charge in [0.1, 0.15) is 0 Å². The molecule has 0 N–H and O–H groups in total. The summed E-state index contributed by atoms with van der Waals surface area (Å²) in [6, 6.07) is 5.77. The smallest absolute Gasteiger partial charge is 0.309 e. The highest BCUT2D eigenvalue weighted by Gasteiger charge is 2.39. The lowest BCUT2D eigenvalue weighted by Gasteiger charge is -2.21. The zero-order chi connectivity index (χ0) is 22.1. The Bertz CT molecular complexity index is 977. The molecule has 0 aromatic heterocycles. The van der Waals surface area contributed by atoms with Crippen LogP contribution >= 0.6 is 23.2 Å². The first-order chi connectivity index (χ1) is 15.0. The number of cyclic esters (lactones) is 1. The lowest BCUT2D eigenvalue weighted by molar-refractivity contribution is -0.141. The minimum atomic E-state index is -0.428. The standard InChI is InChI=1S/C22H22Cl2O7/c1-26-19-17(23)14(18(24)20(27-2)21(19)28-3)8-13-12(9-29-22(13)25)6-11-4-5-15-16(7-11)31-10-30-15/h4-5,7,12-13H,6,8-10H2,1-3H3/t12-,13+/m1/s1. The van der Waals surface area contributed by atoms with Crippen LogP contribution < -0.4 is 23.7 Å². The molecule has 0 aliphatic carbocycles. The number of benzene rings is 2. The molecule has 0 amide bonds. The Labute approximate surface area is 190 Å². The molecule has 166 valence electrons. The van der Waals surface area contributed by atoms with Crippen LogP contribution in [0.1, 0.15) is 11.1 Å². The van der Waals surface area contributed by atoms with Gasteiger partial charge in [-0.15, -0.1) is 0 Å². The normalized spacial score (nSPS) is 19.3. The van der Waals surface area contributed by atoms with Gasteiger partial charge in [0, 0.05) is 5.92 Å². The van der Waals surface area contributed by atoms with Crippen molar-refractivity contribution in [2.45, 2.75) is 12.8 Å². The average Bonchev–Trinajstić information content (AvgIpc) is 3.37. The average molecular weight is 469 g/mol. The fourth-order valence-electron chi connectivity index (χ4n) is 4.05. The second kappa shape index (κ2) is 8.93. The van der Waals surface area contributed by atoms with Crippen LogP contribution in [0.3, 0.4) is 0 Å². The zero-order valence-electron chi connectivity index (χ0n) is 17.3. The Morgan fingerprint density at radius 2 is 1.55 bits per heavy atom. The van der Waals surface area contributed by atoms with Gasteiger partial charge in [0.05, 0.1) is 43.9 Å². The predicted molar refractivity (Wildman–Crippen MR) is 114 cm³/mol. The first-order valence-electron chi connectivity index (χ1n) is 9.69. The van der Waals surface area contributed by atoms with Gasteiger partial charge in [-0.25, -0.2) is 0 Å². The minimum absolute atomic E-state index is 0.0564. The summed E-state index contributed by atoms with van der Waals surface area (Å²) >= 11 is 13.2. The highest BCUT2D eigenvalue weighted by atomic mass is 35.5. The van der Waals surface area contributed by atoms with Gasteiger partial charge in [-0.1, -0.05) is 29.3 Å². The molecule has 2 aromatic rings. The van der Waals surface area contributed by atoms with Gasteiger partial charge < -0.3 is 28.4 Å². The van der Waals surface area contributed by atoms with Gasteiger partial charge in [-0.3, -0.25) is 4.79 Å². The number of carbonyl (C=O) groups is 1. The summed E-state index contributed by atoms with van der Waals surface area (Å²) in [6.07, 6.45) is 0.912. The molecule has 1 saturated heterocycles. The first-order valence-corrected chi connectivity index (χ1v) is 10.4. The third-order valence-corrected chi connectivity index (χ3v) is 6.42. The summed E-state index contributed by atoms with van der Waals surface area (Å²) in [5.74, 6) is 1.56. The van der Waals surface area contributed by atoms with Crippen molar-refractivity contribution in [3.05, 3.63) is 39.4 Å². The fourth-order valence-corrected chi connectivity index (χ4v) is 4.77. The minimum Gasteiger partial charge on any atom is -0.491 e. The van der Waals surface area contributed by atoms with Crippen LogP contribution in [0.25, 0.3) is 0 Å². The molecule has 31 heavy (non-hydrogen) atoms. The van der Waals surface area contributed by atoms with E-state index < -0.39 is 5.92 Å². The molecule has 4 rings (SSSR count). The quantitative estimate of drug-likeness (QED) is 0.560. The molecule has 0 bridgehead atoms. The molecule has 0 spiro atoms. The maximum atomic E-state index is 12.6. The van der Waals surface area contributed by atoms with Crippen LogP contribution in [-0.4, -0.2) is 40.7 Å². The zero-order valence-corrected chi connectivity index (χ0v) is 18.8. The molecular weight excluding hydrogens is 447 g/mol. The topological polar surface area (TPSA) is 72.5 Å². The van der Waals surface area contributed by atoms with Gasteiger partial charge >= 0.3 is 5.97 Å². The lowest BCUT2D eigenvalue weighted by atomic mass is 9.84. The summed E-state index contributed by atoms with van der Waals surface area (Å²) < 4.78 is 32.4. The van der Waals surface area contributed by atoms with Crippen molar-refractivity contribution in [3.8, 4) is 28.7 Å². The molecule has 2 aromatic carbocycles. The number of ether oxygens (including phenoxy) is 6. The second-order valence-corrected chi connectivity index (χ2v) is 8.05. The van der Waals surface area contributed by atoms with E-state index in [-0.39, 0.29) is 35.1 Å². The third kappa shape index (κ3) is 3.92. The Hall–Kier alpha value is -2.51. The molecule has 2 atom stereocenters. The van der Waals surface area contributed by atoms with Gasteiger partial charge in [0.2, 0.25) is 12.5 Å². The molecule has 2 aliphatic heterocycles. The lowest BCUT2D eigenvalue weighted by Crippen LogP contribution is -2.21. The van der Waals surface area contributed by atoms with Gasteiger partial charge in [0.25, 0.3) is 0 Å². The molecule has 0 radical (unpaired) electrons. The SMILES string of the molecule is COc1c(Cl)c(C[C@@H]2C(=O)OC[C@H]2Cc2ccc3c(c2)OCO3)c(Cl)c(OC)c1OC. The van der Waals surface area contributed by atoms with E-state index in [0.717, 1.165) is 11.3 Å². The van der Waals surface area contributed by atoms with Crippen LogP contribution in [-0.2, 0) is 22.4 Å². The number of fused-ring (bicyclic) bond motifs is 1. The van der Waals surface area contributed by atoms with E-state index in [4.69, 9.17) is 51.6 Å². The van der Waals surface area contributed by atoms with Crippen molar-refractivity contribution < 1.29 is 33.2 Å². The molecule has 1 fully saturated rings. The maximum Gasteiger partial charge on any atom is 0.309 e. The summed E-state index contributed by atoms with van der Waals surface area (Å²) in [5.41, 5.74) is 1.58. The third-order valence-electron chi connectivity index (χ3n) is 5.62. The van der Waals surface area contributed by atoms with E-state index in [2.05, 4.69) is 0 Å². The van der Waals surface area contributed by atoms with Crippen molar-refractivity contribution in [2.75, 3.05) is 34.7 Å². The molecule has 0 saturated carbocycles. The monoisotopic (exact) mass is 468 g/mol. The number of esters is 1. The second-order valence-electron chi connectivity index (χ2n) is 7.30. The van der Waals surface area contributed by atoms with Crippen LogP contribution in [0.15, 0.2) is 18.2 Å². The summed E-state index contributed by atoms with van der Waals surface area (Å²) in [6.45, 7) is 0.530. The molecule has 2 heterocycles. The number of hydrogen-bond donors (Lipinski definition) is 0.